The summed E-state index contributed by atoms with van der Waals surface area (Å²) in [5.74, 6) is 0. The average molecular weight is 274 g/mol. The number of amides is 1. The van der Waals surface area contributed by atoms with Crippen molar-refractivity contribution in [3.8, 4) is 0 Å². The number of alkyl carbamates (subject to hydrolysis) is 1. The Kier molecular flexibility index (Phi) is 5.34. The Morgan fingerprint density at radius 2 is 2.11 bits per heavy atom. The normalized spacial score (nSPS) is 24.2. The Bertz CT molecular complexity index is 315. The van der Waals surface area contributed by atoms with Gasteiger partial charge in [0.25, 0.3) is 0 Å². The Morgan fingerprint density at radius 3 is 2.67 bits per heavy atom. The molecule has 0 saturated carbocycles. The first-order valence-corrected chi connectivity index (χ1v) is 6.59. The van der Waals surface area contributed by atoms with Crippen LogP contribution in [0.4, 0.5) is 4.79 Å². The van der Waals surface area contributed by atoms with Crippen molar-refractivity contribution in [3.63, 3.8) is 0 Å². The minimum atomic E-state index is -0.528. The average Bonchev–Trinajstić information content (AvgIpc) is 2.13. The van der Waals surface area contributed by atoms with Crippen LogP contribution in [-0.4, -0.2) is 35.6 Å². The second-order valence-corrected chi connectivity index (χ2v) is 5.91. The van der Waals surface area contributed by atoms with Crippen molar-refractivity contribution in [1.82, 2.24) is 10.6 Å². The van der Waals surface area contributed by atoms with E-state index in [-0.39, 0.29) is 12.1 Å². The molecule has 1 amide bonds. The van der Waals surface area contributed by atoms with Gasteiger partial charge < -0.3 is 14.8 Å². The number of thiocarbonyl (C=S) groups is 1. The second kappa shape index (κ2) is 6.33. The van der Waals surface area contributed by atoms with Gasteiger partial charge in [-0.05, 0) is 52.8 Å². The van der Waals surface area contributed by atoms with Crippen LogP contribution in [0, 0.1) is 0 Å². The summed E-state index contributed by atoms with van der Waals surface area (Å²) in [7, 11) is 0. The minimum Gasteiger partial charge on any atom is -0.444 e. The summed E-state index contributed by atoms with van der Waals surface area (Å²) in [6, 6.07) is 0.246. The second-order valence-electron chi connectivity index (χ2n) is 5.50. The zero-order valence-electron chi connectivity index (χ0n) is 11.4. The van der Waals surface area contributed by atoms with E-state index in [0.29, 0.717) is 11.7 Å². The fourth-order valence-corrected chi connectivity index (χ4v) is 2.00. The molecular weight excluding hydrogens is 252 g/mol. The number of nitrogens with one attached hydrogen (secondary N) is 2. The van der Waals surface area contributed by atoms with Crippen molar-refractivity contribution in [2.24, 2.45) is 0 Å². The van der Waals surface area contributed by atoms with Crippen LogP contribution in [0.1, 0.15) is 40.5 Å². The van der Waals surface area contributed by atoms with Crippen molar-refractivity contribution < 1.29 is 14.3 Å². The molecule has 2 N–H and O–H groups in total. The topological polar surface area (TPSA) is 59.6 Å². The molecule has 0 aliphatic carbocycles. The lowest BCUT2D eigenvalue weighted by Gasteiger charge is -2.29. The van der Waals surface area contributed by atoms with Gasteiger partial charge in [-0.2, -0.15) is 0 Å². The van der Waals surface area contributed by atoms with E-state index in [1.165, 1.54) is 0 Å². The SMILES string of the molecule is CC1CC(NC(=S)NC(=O)OC(C)(C)C)CCO1. The summed E-state index contributed by atoms with van der Waals surface area (Å²) in [6.45, 7) is 8.17. The van der Waals surface area contributed by atoms with Gasteiger partial charge in [-0.15, -0.1) is 0 Å². The molecule has 1 fully saturated rings. The fourth-order valence-electron chi connectivity index (χ4n) is 1.75. The lowest BCUT2D eigenvalue weighted by atomic mass is 10.1. The molecule has 1 saturated heterocycles. The molecule has 18 heavy (non-hydrogen) atoms. The highest BCUT2D eigenvalue weighted by molar-refractivity contribution is 7.80. The fraction of sp³-hybridized carbons (Fsp3) is 0.833. The van der Waals surface area contributed by atoms with E-state index >= 15 is 0 Å². The molecule has 5 nitrogen and oxygen atoms in total. The van der Waals surface area contributed by atoms with Crippen LogP contribution in [0.5, 0.6) is 0 Å². The third-order valence-electron chi connectivity index (χ3n) is 2.43. The summed E-state index contributed by atoms with van der Waals surface area (Å²) >= 11 is 5.08. The molecule has 0 aromatic carbocycles. The van der Waals surface area contributed by atoms with Crippen LogP contribution in [0.3, 0.4) is 0 Å². The lowest BCUT2D eigenvalue weighted by molar-refractivity contribution is 0.0166. The standard InChI is InChI=1S/C12H22N2O3S/c1-8-7-9(5-6-16-8)13-10(18)14-11(15)17-12(2,3)4/h8-9H,5-7H2,1-4H3,(H2,13,14,15,18). The van der Waals surface area contributed by atoms with Gasteiger partial charge >= 0.3 is 6.09 Å². The maximum atomic E-state index is 11.5. The summed E-state index contributed by atoms with van der Waals surface area (Å²) in [5, 5.41) is 5.93. The quantitative estimate of drug-likeness (QED) is 0.716. The third kappa shape index (κ3) is 6.16. The number of carbonyl (C=O) groups excluding carboxylic acids is 1. The number of carbonyl (C=O) groups is 1. The van der Waals surface area contributed by atoms with E-state index in [4.69, 9.17) is 21.7 Å². The highest BCUT2D eigenvalue weighted by atomic mass is 32.1. The minimum absolute atomic E-state index is 0.223. The number of hydrogen-bond acceptors (Lipinski definition) is 4. The molecule has 2 atom stereocenters. The molecule has 1 heterocycles. The van der Waals surface area contributed by atoms with Crippen molar-refractivity contribution in [1.29, 1.82) is 0 Å². The van der Waals surface area contributed by atoms with E-state index in [1.807, 2.05) is 27.7 Å². The lowest BCUT2D eigenvalue weighted by Crippen LogP contribution is -2.48. The molecular formula is C12H22N2O3S. The summed E-state index contributed by atoms with van der Waals surface area (Å²) < 4.78 is 10.6. The van der Waals surface area contributed by atoms with E-state index < -0.39 is 11.7 Å². The van der Waals surface area contributed by atoms with Crippen molar-refractivity contribution in [2.75, 3.05) is 6.61 Å². The molecule has 1 aliphatic rings. The van der Waals surface area contributed by atoms with Gasteiger partial charge in [-0.25, -0.2) is 4.79 Å². The Hall–Kier alpha value is -0.880. The molecule has 1 rings (SSSR count). The maximum Gasteiger partial charge on any atom is 0.413 e. The predicted molar refractivity (Wildman–Crippen MR) is 73.5 cm³/mol. The van der Waals surface area contributed by atoms with E-state index in [1.54, 1.807) is 0 Å². The van der Waals surface area contributed by atoms with Crippen LogP contribution in [0.15, 0.2) is 0 Å². The maximum absolute atomic E-state index is 11.5. The molecule has 0 spiro atoms. The monoisotopic (exact) mass is 274 g/mol. The van der Waals surface area contributed by atoms with Crippen molar-refractivity contribution >= 4 is 23.4 Å². The van der Waals surface area contributed by atoms with Crippen molar-refractivity contribution in [3.05, 3.63) is 0 Å². The molecule has 6 heteroatoms. The van der Waals surface area contributed by atoms with Gasteiger partial charge in [0.15, 0.2) is 5.11 Å². The van der Waals surface area contributed by atoms with Gasteiger partial charge in [-0.1, -0.05) is 0 Å². The van der Waals surface area contributed by atoms with Gasteiger partial charge in [0.2, 0.25) is 0 Å². The predicted octanol–water partition coefficient (Wildman–Crippen LogP) is 1.95. The van der Waals surface area contributed by atoms with Crippen LogP contribution in [-0.2, 0) is 9.47 Å². The van der Waals surface area contributed by atoms with Gasteiger partial charge in [-0.3, -0.25) is 5.32 Å². The van der Waals surface area contributed by atoms with E-state index in [9.17, 15) is 4.79 Å². The zero-order chi connectivity index (χ0) is 13.8. The molecule has 0 aromatic rings. The summed E-state index contributed by atoms with van der Waals surface area (Å²) in [5.41, 5.74) is -0.521. The molecule has 2 unspecified atom stereocenters. The number of ether oxygens (including phenoxy) is 2. The first-order chi connectivity index (χ1) is 8.26. The number of hydrogen-bond donors (Lipinski definition) is 2. The highest BCUT2D eigenvalue weighted by Crippen LogP contribution is 2.13. The zero-order valence-corrected chi connectivity index (χ0v) is 12.2. The Labute approximate surface area is 114 Å². The molecule has 104 valence electrons. The Morgan fingerprint density at radius 1 is 1.44 bits per heavy atom. The van der Waals surface area contributed by atoms with Gasteiger partial charge in [0.05, 0.1) is 6.10 Å². The highest BCUT2D eigenvalue weighted by Gasteiger charge is 2.21. The van der Waals surface area contributed by atoms with Crippen molar-refractivity contribution in [2.45, 2.75) is 58.3 Å². The molecule has 0 aromatic heterocycles. The number of rotatable bonds is 1. The van der Waals surface area contributed by atoms with Crippen LogP contribution in [0.2, 0.25) is 0 Å². The van der Waals surface area contributed by atoms with E-state index in [0.717, 1.165) is 12.8 Å². The first kappa shape index (κ1) is 15.2. The summed E-state index contributed by atoms with van der Waals surface area (Å²) in [4.78, 5) is 11.5. The molecule has 0 radical (unpaired) electrons. The third-order valence-corrected chi connectivity index (χ3v) is 2.65. The van der Waals surface area contributed by atoms with Gasteiger partial charge in [0, 0.05) is 12.6 Å². The van der Waals surface area contributed by atoms with Crippen LogP contribution < -0.4 is 10.6 Å². The largest absolute Gasteiger partial charge is 0.444 e. The van der Waals surface area contributed by atoms with Gasteiger partial charge in [0.1, 0.15) is 5.60 Å². The smallest absolute Gasteiger partial charge is 0.413 e. The molecule has 1 aliphatic heterocycles. The van der Waals surface area contributed by atoms with Crippen LogP contribution >= 0.6 is 12.2 Å². The van der Waals surface area contributed by atoms with E-state index in [2.05, 4.69) is 10.6 Å². The van der Waals surface area contributed by atoms with Crippen LogP contribution in [0.25, 0.3) is 0 Å². The molecule has 0 bridgehead atoms. The summed E-state index contributed by atoms with van der Waals surface area (Å²) in [6.07, 6.45) is 1.47. The Balaban J connectivity index is 2.30. The first-order valence-electron chi connectivity index (χ1n) is 6.18.